The second-order valence-electron chi connectivity index (χ2n) is 6.68. The number of benzene rings is 1. The minimum Gasteiger partial charge on any atom is -0.494 e. The molecule has 0 radical (unpaired) electrons. The van der Waals surface area contributed by atoms with Gasteiger partial charge in [-0.2, -0.15) is 0 Å². The highest BCUT2D eigenvalue weighted by molar-refractivity contribution is 6.06. The van der Waals surface area contributed by atoms with Crippen molar-refractivity contribution >= 4 is 11.8 Å². The summed E-state index contributed by atoms with van der Waals surface area (Å²) in [6.45, 7) is 5.25. The summed E-state index contributed by atoms with van der Waals surface area (Å²) in [7, 11) is 0. The van der Waals surface area contributed by atoms with Crippen molar-refractivity contribution in [3.05, 3.63) is 29.8 Å². The number of carbonyl (C=O) groups excluding carboxylic acids is 2. The molecule has 23 heavy (non-hydrogen) atoms. The quantitative estimate of drug-likeness (QED) is 0.557. The first kappa shape index (κ1) is 17.5. The third kappa shape index (κ3) is 5.70. The average Bonchev–Trinajstić information content (AvgIpc) is 2.85. The molecule has 0 saturated carbocycles. The summed E-state index contributed by atoms with van der Waals surface area (Å²) in [4.78, 5) is 22.9. The Morgan fingerprint density at radius 1 is 1.09 bits per heavy atom. The third-order valence-electron chi connectivity index (χ3n) is 4.20. The van der Waals surface area contributed by atoms with Gasteiger partial charge in [-0.25, -0.2) is 0 Å². The van der Waals surface area contributed by atoms with E-state index in [-0.39, 0.29) is 24.2 Å². The largest absolute Gasteiger partial charge is 0.494 e. The van der Waals surface area contributed by atoms with Gasteiger partial charge < -0.3 is 4.74 Å². The standard InChI is InChI=1S/C19H27NO3/c1-14(2)7-5-3-4-6-12-23-16-10-8-15(9-11-16)17-13-18(21)20-19(17)22/h8-11,14,17H,3-7,12-13H2,1-2H3,(H,20,21,22)/t17-/m1/s1. The van der Waals surface area contributed by atoms with Crippen LogP contribution in [0.15, 0.2) is 24.3 Å². The molecular formula is C19H27NO3. The normalized spacial score (nSPS) is 17.6. The zero-order valence-electron chi connectivity index (χ0n) is 14.1. The molecule has 0 aromatic heterocycles. The number of imide groups is 1. The molecule has 1 aromatic carbocycles. The molecule has 0 bridgehead atoms. The molecule has 0 aliphatic carbocycles. The Morgan fingerprint density at radius 2 is 1.78 bits per heavy atom. The summed E-state index contributed by atoms with van der Waals surface area (Å²) in [6, 6.07) is 7.51. The summed E-state index contributed by atoms with van der Waals surface area (Å²) < 4.78 is 5.73. The van der Waals surface area contributed by atoms with E-state index in [4.69, 9.17) is 4.74 Å². The molecular weight excluding hydrogens is 290 g/mol. The van der Waals surface area contributed by atoms with E-state index in [1.807, 2.05) is 24.3 Å². The Kier molecular flexibility index (Phi) is 6.63. The number of amides is 2. The van der Waals surface area contributed by atoms with Crippen LogP contribution < -0.4 is 10.1 Å². The molecule has 2 rings (SSSR count). The second kappa shape index (κ2) is 8.70. The fourth-order valence-corrected chi connectivity index (χ4v) is 2.82. The molecule has 4 heteroatoms. The molecule has 1 N–H and O–H groups in total. The molecule has 1 aromatic rings. The van der Waals surface area contributed by atoms with Gasteiger partial charge in [-0.05, 0) is 30.0 Å². The summed E-state index contributed by atoms with van der Waals surface area (Å²) in [6.07, 6.45) is 6.39. The van der Waals surface area contributed by atoms with Crippen LogP contribution in [0.5, 0.6) is 5.75 Å². The predicted molar refractivity (Wildman–Crippen MR) is 90.4 cm³/mol. The van der Waals surface area contributed by atoms with Crippen LogP contribution >= 0.6 is 0 Å². The van der Waals surface area contributed by atoms with Gasteiger partial charge in [0.05, 0.1) is 12.5 Å². The van der Waals surface area contributed by atoms with Gasteiger partial charge in [0.1, 0.15) is 5.75 Å². The Bertz CT molecular complexity index is 522. The molecule has 1 atom stereocenters. The minimum absolute atomic E-state index is 0.196. The van der Waals surface area contributed by atoms with Crippen LogP contribution in [0.3, 0.4) is 0 Å². The maximum absolute atomic E-state index is 11.6. The van der Waals surface area contributed by atoms with Gasteiger partial charge in [-0.15, -0.1) is 0 Å². The van der Waals surface area contributed by atoms with Crippen molar-refractivity contribution in [3.63, 3.8) is 0 Å². The third-order valence-corrected chi connectivity index (χ3v) is 4.20. The lowest BCUT2D eigenvalue weighted by Crippen LogP contribution is -2.21. The van der Waals surface area contributed by atoms with Gasteiger partial charge in [0.2, 0.25) is 11.8 Å². The van der Waals surface area contributed by atoms with E-state index < -0.39 is 0 Å². The van der Waals surface area contributed by atoms with Crippen molar-refractivity contribution in [2.45, 2.75) is 58.3 Å². The lowest BCUT2D eigenvalue weighted by Gasteiger charge is -2.09. The van der Waals surface area contributed by atoms with Gasteiger partial charge in [0, 0.05) is 6.42 Å². The van der Waals surface area contributed by atoms with E-state index in [0.717, 1.165) is 30.3 Å². The molecule has 0 unspecified atom stereocenters. The van der Waals surface area contributed by atoms with Crippen molar-refractivity contribution in [2.24, 2.45) is 5.92 Å². The monoisotopic (exact) mass is 317 g/mol. The Labute approximate surface area is 138 Å². The highest BCUT2D eigenvalue weighted by Gasteiger charge is 2.31. The molecule has 4 nitrogen and oxygen atoms in total. The fraction of sp³-hybridized carbons (Fsp3) is 0.579. The smallest absolute Gasteiger partial charge is 0.234 e. The second-order valence-corrected chi connectivity index (χ2v) is 6.68. The van der Waals surface area contributed by atoms with Crippen LogP contribution in [0.2, 0.25) is 0 Å². The van der Waals surface area contributed by atoms with Crippen molar-refractivity contribution in [1.29, 1.82) is 0 Å². The Balaban J connectivity index is 1.67. The van der Waals surface area contributed by atoms with Crippen molar-refractivity contribution in [1.82, 2.24) is 5.32 Å². The number of ether oxygens (including phenoxy) is 1. The van der Waals surface area contributed by atoms with Crippen molar-refractivity contribution in [3.8, 4) is 5.75 Å². The first-order valence-electron chi connectivity index (χ1n) is 8.62. The van der Waals surface area contributed by atoms with Crippen molar-refractivity contribution in [2.75, 3.05) is 6.61 Å². The zero-order chi connectivity index (χ0) is 16.7. The molecule has 1 aliphatic heterocycles. The highest BCUT2D eigenvalue weighted by atomic mass is 16.5. The van der Waals surface area contributed by atoms with E-state index in [9.17, 15) is 9.59 Å². The lowest BCUT2D eigenvalue weighted by atomic mass is 9.98. The molecule has 1 aliphatic rings. The van der Waals surface area contributed by atoms with Crippen LogP contribution in [0.1, 0.15) is 63.9 Å². The molecule has 0 spiro atoms. The van der Waals surface area contributed by atoms with Crippen LogP contribution in [0.25, 0.3) is 0 Å². The lowest BCUT2D eigenvalue weighted by molar-refractivity contribution is -0.125. The van der Waals surface area contributed by atoms with E-state index in [1.54, 1.807) is 0 Å². The maximum atomic E-state index is 11.6. The maximum Gasteiger partial charge on any atom is 0.234 e. The molecule has 1 fully saturated rings. The van der Waals surface area contributed by atoms with Crippen LogP contribution in [-0.4, -0.2) is 18.4 Å². The van der Waals surface area contributed by atoms with Crippen molar-refractivity contribution < 1.29 is 14.3 Å². The summed E-state index contributed by atoms with van der Waals surface area (Å²) in [5.74, 6) is 0.864. The van der Waals surface area contributed by atoms with Gasteiger partial charge in [-0.3, -0.25) is 14.9 Å². The van der Waals surface area contributed by atoms with Gasteiger partial charge in [-0.1, -0.05) is 51.7 Å². The SMILES string of the molecule is CC(C)CCCCCCOc1ccc([C@H]2CC(=O)NC2=O)cc1. The first-order valence-corrected chi connectivity index (χ1v) is 8.62. The molecule has 2 amide bonds. The van der Waals surface area contributed by atoms with E-state index in [2.05, 4.69) is 19.2 Å². The highest BCUT2D eigenvalue weighted by Crippen LogP contribution is 2.26. The number of hydrogen-bond acceptors (Lipinski definition) is 3. The Hall–Kier alpha value is -1.84. The number of hydrogen-bond donors (Lipinski definition) is 1. The topological polar surface area (TPSA) is 55.4 Å². The minimum atomic E-state index is -0.350. The number of unbranched alkanes of at least 4 members (excludes halogenated alkanes) is 3. The zero-order valence-corrected chi connectivity index (χ0v) is 14.1. The average molecular weight is 317 g/mol. The van der Waals surface area contributed by atoms with Gasteiger partial charge in [0.25, 0.3) is 0 Å². The Morgan fingerprint density at radius 3 is 2.39 bits per heavy atom. The van der Waals surface area contributed by atoms with E-state index in [0.29, 0.717) is 0 Å². The number of nitrogens with one attached hydrogen (secondary N) is 1. The first-order chi connectivity index (χ1) is 11.1. The number of rotatable bonds is 9. The van der Waals surface area contributed by atoms with E-state index in [1.165, 1.54) is 25.7 Å². The van der Waals surface area contributed by atoms with Crippen LogP contribution in [0, 0.1) is 5.92 Å². The van der Waals surface area contributed by atoms with Gasteiger partial charge in [0.15, 0.2) is 0 Å². The predicted octanol–water partition coefficient (Wildman–Crippen LogP) is 3.80. The number of carbonyl (C=O) groups is 2. The molecule has 1 heterocycles. The summed E-state index contributed by atoms with van der Waals surface area (Å²) >= 11 is 0. The van der Waals surface area contributed by atoms with E-state index >= 15 is 0 Å². The van der Waals surface area contributed by atoms with Crippen LogP contribution in [-0.2, 0) is 9.59 Å². The molecule has 1 saturated heterocycles. The molecule has 126 valence electrons. The summed E-state index contributed by atoms with van der Waals surface area (Å²) in [5.41, 5.74) is 0.870. The van der Waals surface area contributed by atoms with Crippen LogP contribution in [0.4, 0.5) is 0 Å². The fourth-order valence-electron chi connectivity index (χ4n) is 2.82. The van der Waals surface area contributed by atoms with Gasteiger partial charge >= 0.3 is 0 Å². The summed E-state index contributed by atoms with van der Waals surface area (Å²) in [5, 5.41) is 2.34.